The van der Waals surface area contributed by atoms with Crippen molar-refractivity contribution in [1.82, 2.24) is 4.57 Å². The van der Waals surface area contributed by atoms with Crippen molar-refractivity contribution in [2.75, 3.05) is 6.26 Å². The van der Waals surface area contributed by atoms with Gasteiger partial charge in [0.25, 0.3) is 5.91 Å². The Hall–Kier alpha value is -1.56. The van der Waals surface area contributed by atoms with Crippen LogP contribution in [0.1, 0.15) is 10.4 Å². The van der Waals surface area contributed by atoms with Crippen molar-refractivity contribution in [1.29, 1.82) is 0 Å². The van der Waals surface area contributed by atoms with Gasteiger partial charge in [-0.15, -0.1) is 11.8 Å². The molecule has 0 saturated carbocycles. The molecule has 22 heavy (non-hydrogen) atoms. The first-order chi connectivity index (χ1) is 10.6. The zero-order valence-electron chi connectivity index (χ0n) is 12.0. The molecule has 0 N–H and O–H groups in total. The second-order valence-corrected chi connectivity index (χ2v) is 6.98. The Morgan fingerprint density at radius 3 is 2.77 bits per heavy atom. The molecule has 1 aromatic heterocycles. The van der Waals surface area contributed by atoms with E-state index in [4.69, 9.17) is 11.6 Å². The van der Waals surface area contributed by atoms with E-state index in [-0.39, 0.29) is 5.91 Å². The maximum atomic E-state index is 12.4. The molecule has 0 fully saturated rings. The van der Waals surface area contributed by atoms with E-state index in [0.717, 1.165) is 15.1 Å². The number of amides is 1. The van der Waals surface area contributed by atoms with E-state index in [1.165, 1.54) is 11.3 Å². The third kappa shape index (κ3) is 2.84. The van der Waals surface area contributed by atoms with Gasteiger partial charge in [0.2, 0.25) is 0 Å². The smallest absolute Gasteiger partial charge is 0.279 e. The lowest BCUT2D eigenvalue weighted by atomic mass is 10.2. The Balaban J connectivity index is 2.10. The largest absolute Gasteiger partial charge is 0.318 e. The molecule has 0 aliphatic rings. The van der Waals surface area contributed by atoms with Gasteiger partial charge in [-0.3, -0.25) is 4.79 Å². The van der Waals surface area contributed by atoms with Gasteiger partial charge >= 0.3 is 0 Å². The number of fused-ring (bicyclic) bond motifs is 1. The van der Waals surface area contributed by atoms with Crippen molar-refractivity contribution in [3.05, 3.63) is 57.9 Å². The number of thioether (sulfide) groups is 1. The van der Waals surface area contributed by atoms with Gasteiger partial charge in [-0.05, 0) is 36.6 Å². The highest BCUT2D eigenvalue weighted by atomic mass is 35.5. The Morgan fingerprint density at radius 1 is 1.27 bits per heavy atom. The molecule has 6 heteroatoms. The van der Waals surface area contributed by atoms with E-state index >= 15 is 0 Å². The van der Waals surface area contributed by atoms with Gasteiger partial charge in [-0.2, -0.15) is 4.99 Å². The van der Waals surface area contributed by atoms with Crippen LogP contribution in [0.3, 0.4) is 0 Å². The highest BCUT2D eigenvalue weighted by Gasteiger charge is 2.09. The lowest BCUT2D eigenvalue weighted by Gasteiger charge is -1.99. The van der Waals surface area contributed by atoms with Crippen LogP contribution in [-0.2, 0) is 7.05 Å². The summed E-state index contributed by atoms with van der Waals surface area (Å²) < 4.78 is 2.87. The summed E-state index contributed by atoms with van der Waals surface area (Å²) in [5, 5.41) is 0.662. The second-order valence-electron chi connectivity index (χ2n) is 4.68. The summed E-state index contributed by atoms with van der Waals surface area (Å²) in [6.07, 6.45) is 1.98. The van der Waals surface area contributed by atoms with E-state index in [2.05, 4.69) is 4.99 Å². The third-order valence-electron chi connectivity index (χ3n) is 3.29. The van der Waals surface area contributed by atoms with Crippen LogP contribution in [0.15, 0.2) is 52.4 Å². The first-order valence-corrected chi connectivity index (χ1v) is 8.99. The molecular formula is C16H13ClN2OS2. The first kappa shape index (κ1) is 15.3. The molecule has 1 amide bonds. The Bertz CT molecular complexity index is 927. The monoisotopic (exact) mass is 348 g/mol. The number of aromatic nitrogens is 1. The van der Waals surface area contributed by atoms with Crippen LogP contribution in [0.4, 0.5) is 0 Å². The number of carbonyl (C=O) groups excluding carboxylic acids is 1. The maximum absolute atomic E-state index is 12.4. The van der Waals surface area contributed by atoms with E-state index in [1.54, 1.807) is 17.8 Å². The number of hydrogen-bond donors (Lipinski definition) is 0. The van der Waals surface area contributed by atoms with Gasteiger partial charge in [-0.1, -0.05) is 35.1 Å². The summed E-state index contributed by atoms with van der Waals surface area (Å²) in [7, 11) is 1.87. The summed E-state index contributed by atoms with van der Waals surface area (Å²) in [5.74, 6) is -0.242. The number of thiazole rings is 1. The summed E-state index contributed by atoms with van der Waals surface area (Å²) in [6.45, 7) is 0. The fourth-order valence-electron chi connectivity index (χ4n) is 2.17. The van der Waals surface area contributed by atoms with Crippen LogP contribution in [0.5, 0.6) is 0 Å². The summed E-state index contributed by atoms with van der Waals surface area (Å²) in [5.41, 5.74) is 1.49. The van der Waals surface area contributed by atoms with Gasteiger partial charge < -0.3 is 4.57 Å². The van der Waals surface area contributed by atoms with Crippen LogP contribution in [0.25, 0.3) is 10.2 Å². The van der Waals surface area contributed by atoms with E-state index in [1.807, 2.05) is 54.3 Å². The van der Waals surface area contributed by atoms with Crippen molar-refractivity contribution >= 4 is 50.8 Å². The number of rotatable bonds is 2. The highest BCUT2D eigenvalue weighted by Crippen LogP contribution is 2.24. The minimum absolute atomic E-state index is 0.242. The topological polar surface area (TPSA) is 34.4 Å². The predicted molar refractivity (Wildman–Crippen MR) is 93.9 cm³/mol. The zero-order chi connectivity index (χ0) is 15.7. The van der Waals surface area contributed by atoms with Crippen LogP contribution in [0.2, 0.25) is 5.02 Å². The van der Waals surface area contributed by atoms with Crippen LogP contribution < -0.4 is 4.80 Å². The van der Waals surface area contributed by atoms with Crippen molar-refractivity contribution < 1.29 is 4.79 Å². The molecule has 3 nitrogen and oxygen atoms in total. The minimum Gasteiger partial charge on any atom is -0.318 e. The highest BCUT2D eigenvalue weighted by molar-refractivity contribution is 7.98. The number of carbonyl (C=O) groups is 1. The van der Waals surface area contributed by atoms with E-state index in [0.29, 0.717) is 15.4 Å². The molecule has 1 heterocycles. The van der Waals surface area contributed by atoms with Crippen molar-refractivity contribution in [2.45, 2.75) is 4.90 Å². The molecule has 0 aliphatic carbocycles. The molecule has 2 aromatic carbocycles. The molecule has 0 atom stereocenters. The average Bonchev–Trinajstić information content (AvgIpc) is 2.85. The van der Waals surface area contributed by atoms with Gasteiger partial charge in [0, 0.05) is 17.5 Å². The average molecular weight is 349 g/mol. The van der Waals surface area contributed by atoms with Crippen molar-refractivity contribution in [3.63, 3.8) is 0 Å². The van der Waals surface area contributed by atoms with Gasteiger partial charge in [0.1, 0.15) is 0 Å². The third-order valence-corrected chi connectivity index (χ3v) is 5.41. The second kappa shape index (κ2) is 6.28. The van der Waals surface area contributed by atoms with Gasteiger partial charge in [0.05, 0.1) is 15.2 Å². The lowest BCUT2D eigenvalue weighted by molar-refractivity contribution is 0.0997. The molecule has 112 valence electrons. The fraction of sp³-hybridized carbons (Fsp3) is 0.125. The summed E-state index contributed by atoms with van der Waals surface area (Å²) in [6, 6.07) is 13.2. The fourth-order valence-corrected chi connectivity index (χ4v) is 4.03. The molecule has 3 rings (SSSR count). The Kier molecular flexibility index (Phi) is 4.38. The lowest BCUT2D eigenvalue weighted by Crippen LogP contribution is -2.13. The molecule has 0 saturated heterocycles. The molecule has 0 spiro atoms. The van der Waals surface area contributed by atoms with Crippen LogP contribution in [-0.4, -0.2) is 16.7 Å². The van der Waals surface area contributed by atoms with Crippen LogP contribution >= 0.6 is 34.7 Å². The maximum Gasteiger partial charge on any atom is 0.279 e. The summed E-state index contributed by atoms with van der Waals surface area (Å²) in [4.78, 5) is 18.3. The predicted octanol–water partition coefficient (Wildman–Crippen LogP) is 4.36. The molecule has 0 aliphatic heterocycles. The molecule has 0 unspecified atom stereocenters. The summed E-state index contributed by atoms with van der Waals surface area (Å²) >= 11 is 9.28. The van der Waals surface area contributed by atoms with Crippen molar-refractivity contribution in [3.8, 4) is 0 Å². The first-order valence-electron chi connectivity index (χ1n) is 6.57. The number of halogens is 1. The zero-order valence-corrected chi connectivity index (χ0v) is 14.4. The SMILES string of the molecule is CSc1cccc(C(=O)N=c2sc3cccc(Cl)c3n2C)c1. The van der Waals surface area contributed by atoms with Crippen molar-refractivity contribution in [2.24, 2.45) is 12.0 Å². The number of hydrogen-bond acceptors (Lipinski definition) is 3. The standard InChI is InChI=1S/C16H13ClN2OS2/c1-19-14-12(17)7-4-8-13(14)22-16(19)18-15(20)10-5-3-6-11(9-10)21-2/h3-9H,1-2H3. The molecule has 0 radical (unpaired) electrons. The molecule has 0 bridgehead atoms. The minimum atomic E-state index is -0.242. The Labute approximate surface area is 141 Å². The van der Waals surface area contributed by atoms with Gasteiger partial charge in [-0.25, -0.2) is 0 Å². The molecular weight excluding hydrogens is 336 g/mol. The number of para-hydroxylation sites is 1. The Morgan fingerprint density at radius 2 is 2.05 bits per heavy atom. The number of benzene rings is 2. The number of aryl methyl sites for hydroxylation is 1. The number of nitrogens with zero attached hydrogens (tertiary/aromatic N) is 2. The van der Waals surface area contributed by atoms with Crippen LogP contribution in [0, 0.1) is 0 Å². The van der Waals surface area contributed by atoms with E-state index < -0.39 is 0 Å². The quantitative estimate of drug-likeness (QED) is 0.645. The normalized spacial score (nSPS) is 12.0. The van der Waals surface area contributed by atoms with E-state index in [9.17, 15) is 4.79 Å². The molecule has 3 aromatic rings. The van der Waals surface area contributed by atoms with Gasteiger partial charge in [0.15, 0.2) is 4.80 Å².